The zero-order chi connectivity index (χ0) is 11.5. The van der Waals surface area contributed by atoms with Crippen molar-refractivity contribution in [3.63, 3.8) is 0 Å². The number of amides is 1. The molecule has 16 heavy (non-hydrogen) atoms. The number of aromatic nitrogens is 1. The van der Waals surface area contributed by atoms with E-state index in [9.17, 15) is 9.59 Å². The lowest BCUT2D eigenvalue weighted by Crippen LogP contribution is -2.46. The molecule has 0 atom stereocenters. The quantitative estimate of drug-likeness (QED) is 0.699. The zero-order valence-corrected chi connectivity index (χ0v) is 8.47. The van der Waals surface area contributed by atoms with Gasteiger partial charge in [0.25, 0.3) is 5.91 Å². The number of carboxylic acids is 1. The van der Waals surface area contributed by atoms with Gasteiger partial charge in [-0.2, -0.15) is 0 Å². The van der Waals surface area contributed by atoms with Crippen molar-refractivity contribution in [3.05, 3.63) is 17.5 Å². The molecule has 2 heterocycles. The number of carbonyl (C=O) groups excluding carboxylic acids is 1. The van der Waals surface area contributed by atoms with Crippen LogP contribution in [0.25, 0.3) is 0 Å². The largest absolute Gasteiger partial charge is 0.477 e. The standard InChI is InChI=1S/C9H11N3O4/c13-8(12-3-1-10-2-4-12)7-6(9(14)15)5-11-16-7/h5,10H,1-4H2,(H,14,15). The van der Waals surface area contributed by atoms with Crippen LogP contribution in [-0.4, -0.2) is 53.2 Å². The van der Waals surface area contributed by atoms with E-state index in [1.165, 1.54) is 0 Å². The number of rotatable bonds is 2. The van der Waals surface area contributed by atoms with Crippen LogP contribution in [0.3, 0.4) is 0 Å². The second kappa shape index (κ2) is 4.31. The summed E-state index contributed by atoms with van der Waals surface area (Å²) in [5, 5.41) is 15.3. The number of nitrogens with one attached hydrogen (secondary N) is 1. The summed E-state index contributed by atoms with van der Waals surface area (Å²) in [4.78, 5) is 24.2. The first-order valence-corrected chi connectivity index (χ1v) is 4.88. The Morgan fingerprint density at radius 3 is 2.75 bits per heavy atom. The summed E-state index contributed by atoms with van der Waals surface area (Å²) in [6, 6.07) is 0. The van der Waals surface area contributed by atoms with Crippen LogP contribution >= 0.6 is 0 Å². The van der Waals surface area contributed by atoms with E-state index < -0.39 is 11.9 Å². The van der Waals surface area contributed by atoms with Gasteiger partial charge in [-0.25, -0.2) is 4.79 Å². The molecule has 0 spiro atoms. The Balaban J connectivity index is 2.19. The topological polar surface area (TPSA) is 95.7 Å². The van der Waals surface area contributed by atoms with Crippen molar-refractivity contribution < 1.29 is 19.2 Å². The smallest absolute Gasteiger partial charge is 0.341 e. The molecular weight excluding hydrogens is 214 g/mol. The lowest BCUT2D eigenvalue weighted by atomic mass is 10.2. The van der Waals surface area contributed by atoms with Gasteiger partial charge >= 0.3 is 5.97 Å². The van der Waals surface area contributed by atoms with Gasteiger partial charge < -0.3 is 19.8 Å². The summed E-state index contributed by atoms with van der Waals surface area (Å²) < 4.78 is 4.70. The molecule has 1 aromatic rings. The molecule has 7 nitrogen and oxygen atoms in total. The van der Waals surface area contributed by atoms with Crippen molar-refractivity contribution in [1.82, 2.24) is 15.4 Å². The van der Waals surface area contributed by atoms with E-state index in [-0.39, 0.29) is 11.3 Å². The molecule has 1 aromatic heterocycles. The van der Waals surface area contributed by atoms with Crippen molar-refractivity contribution in [2.24, 2.45) is 0 Å². The molecule has 1 amide bonds. The van der Waals surface area contributed by atoms with E-state index in [0.29, 0.717) is 26.2 Å². The minimum absolute atomic E-state index is 0.191. The van der Waals surface area contributed by atoms with Gasteiger partial charge in [-0.05, 0) is 0 Å². The van der Waals surface area contributed by atoms with Gasteiger partial charge in [0.05, 0.1) is 6.20 Å². The number of carbonyl (C=O) groups is 2. The summed E-state index contributed by atoms with van der Waals surface area (Å²) >= 11 is 0. The first-order chi connectivity index (χ1) is 7.70. The molecule has 7 heteroatoms. The fourth-order valence-electron chi connectivity index (χ4n) is 1.56. The SMILES string of the molecule is O=C(O)c1cnoc1C(=O)N1CCNCC1. The predicted molar refractivity (Wildman–Crippen MR) is 52.2 cm³/mol. The highest BCUT2D eigenvalue weighted by molar-refractivity contribution is 6.02. The van der Waals surface area contributed by atoms with E-state index in [4.69, 9.17) is 9.63 Å². The summed E-state index contributed by atoms with van der Waals surface area (Å²) in [6.45, 7) is 2.47. The van der Waals surface area contributed by atoms with E-state index in [1.807, 2.05) is 0 Å². The average Bonchev–Trinajstić information content (AvgIpc) is 2.78. The molecule has 0 radical (unpaired) electrons. The van der Waals surface area contributed by atoms with Crippen LogP contribution in [0.15, 0.2) is 10.7 Å². The van der Waals surface area contributed by atoms with Crippen LogP contribution in [0.5, 0.6) is 0 Å². The van der Waals surface area contributed by atoms with Crippen LogP contribution in [0, 0.1) is 0 Å². The summed E-state index contributed by atoms with van der Waals surface area (Å²) in [6.07, 6.45) is 1.04. The van der Waals surface area contributed by atoms with Gasteiger partial charge in [-0.15, -0.1) is 0 Å². The van der Waals surface area contributed by atoms with Gasteiger partial charge in [-0.3, -0.25) is 4.79 Å². The van der Waals surface area contributed by atoms with Crippen LogP contribution in [-0.2, 0) is 0 Å². The highest BCUT2D eigenvalue weighted by atomic mass is 16.5. The van der Waals surface area contributed by atoms with Crippen molar-refractivity contribution in [1.29, 1.82) is 0 Å². The number of hydrogen-bond donors (Lipinski definition) is 2. The van der Waals surface area contributed by atoms with Crippen LogP contribution < -0.4 is 5.32 Å². The maximum atomic E-state index is 11.9. The molecule has 1 saturated heterocycles. The third kappa shape index (κ3) is 1.89. The van der Waals surface area contributed by atoms with Gasteiger partial charge in [0.1, 0.15) is 5.56 Å². The molecule has 1 aliphatic rings. The molecule has 0 bridgehead atoms. The Kier molecular flexibility index (Phi) is 2.86. The number of piperazine rings is 1. The molecule has 1 fully saturated rings. The van der Waals surface area contributed by atoms with Crippen molar-refractivity contribution in [2.45, 2.75) is 0 Å². The van der Waals surface area contributed by atoms with Crippen LogP contribution in [0.4, 0.5) is 0 Å². The zero-order valence-electron chi connectivity index (χ0n) is 8.47. The Morgan fingerprint density at radius 1 is 1.44 bits per heavy atom. The van der Waals surface area contributed by atoms with Gasteiger partial charge in [0.2, 0.25) is 5.76 Å². The normalized spacial score (nSPS) is 16.1. The van der Waals surface area contributed by atoms with E-state index in [0.717, 1.165) is 6.20 Å². The molecular formula is C9H11N3O4. The lowest BCUT2D eigenvalue weighted by molar-refractivity contribution is 0.0648. The van der Waals surface area contributed by atoms with Crippen molar-refractivity contribution >= 4 is 11.9 Å². The highest BCUT2D eigenvalue weighted by Crippen LogP contribution is 2.11. The molecule has 2 N–H and O–H groups in total. The van der Waals surface area contributed by atoms with Crippen molar-refractivity contribution in [2.75, 3.05) is 26.2 Å². The fraction of sp³-hybridized carbons (Fsp3) is 0.444. The fourth-order valence-corrected chi connectivity index (χ4v) is 1.56. The molecule has 0 saturated carbocycles. The Hall–Kier alpha value is -1.89. The van der Waals surface area contributed by atoms with Crippen LogP contribution in [0.1, 0.15) is 20.9 Å². The molecule has 0 aromatic carbocycles. The minimum Gasteiger partial charge on any atom is -0.477 e. The third-order valence-electron chi connectivity index (χ3n) is 2.40. The lowest BCUT2D eigenvalue weighted by Gasteiger charge is -2.26. The molecule has 0 unspecified atom stereocenters. The number of carboxylic acid groups (broad SMARTS) is 1. The number of hydrogen-bond acceptors (Lipinski definition) is 5. The first-order valence-electron chi connectivity index (χ1n) is 4.88. The first kappa shape index (κ1) is 10.6. The monoisotopic (exact) mass is 225 g/mol. The molecule has 86 valence electrons. The summed E-state index contributed by atoms with van der Waals surface area (Å²) in [5.74, 6) is -1.83. The minimum atomic E-state index is -1.21. The molecule has 2 rings (SSSR count). The van der Waals surface area contributed by atoms with Gasteiger partial charge in [-0.1, -0.05) is 5.16 Å². The highest BCUT2D eigenvalue weighted by Gasteiger charge is 2.27. The molecule has 1 aliphatic heterocycles. The average molecular weight is 225 g/mol. The summed E-state index contributed by atoms with van der Waals surface area (Å²) in [5.41, 5.74) is -0.191. The summed E-state index contributed by atoms with van der Waals surface area (Å²) in [7, 11) is 0. The van der Waals surface area contributed by atoms with Crippen molar-refractivity contribution in [3.8, 4) is 0 Å². The third-order valence-corrected chi connectivity index (χ3v) is 2.40. The van der Waals surface area contributed by atoms with E-state index in [1.54, 1.807) is 4.90 Å². The number of aromatic carboxylic acids is 1. The Morgan fingerprint density at radius 2 is 2.12 bits per heavy atom. The predicted octanol–water partition coefficient (Wildman–Crippen LogP) is -0.582. The number of nitrogens with zero attached hydrogens (tertiary/aromatic N) is 2. The maximum Gasteiger partial charge on any atom is 0.341 e. The Labute approximate surface area is 91.0 Å². The van der Waals surface area contributed by atoms with Gasteiger partial charge in [0, 0.05) is 26.2 Å². The van der Waals surface area contributed by atoms with Gasteiger partial charge in [0.15, 0.2) is 0 Å². The van der Waals surface area contributed by atoms with E-state index >= 15 is 0 Å². The molecule has 0 aliphatic carbocycles. The maximum absolute atomic E-state index is 11.9. The van der Waals surface area contributed by atoms with Crippen LogP contribution in [0.2, 0.25) is 0 Å². The Bertz CT molecular complexity index is 409. The second-order valence-electron chi connectivity index (χ2n) is 3.42. The van der Waals surface area contributed by atoms with E-state index in [2.05, 4.69) is 10.5 Å². The second-order valence-corrected chi connectivity index (χ2v) is 3.42.